The van der Waals surface area contributed by atoms with E-state index in [1.165, 1.54) is 7.05 Å². The highest BCUT2D eigenvalue weighted by molar-refractivity contribution is 6.67. The summed E-state index contributed by atoms with van der Waals surface area (Å²) in [5.41, 5.74) is 2.59. The predicted molar refractivity (Wildman–Crippen MR) is 130 cm³/mol. The molecule has 2 aliphatic rings. The van der Waals surface area contributed by atoms with Gasteiger partial charge in [-0.2, -0.15) is 0 Å². The summed E-state index contributed by atoms with van der Waals surface area (Å²) in [6.45, 7) is 5.73. The van der Waals surface area contributed by atoms with E-state index in [2.05, 4.69) is 26.4 Å². The Balaban J connectivity index is 0.00000187. The van der Waals surface area contributed by atoms with Gasteiger partial charge in [0, 0.05) is 52.2 Å². The van der Waals surface area contributed by atoms with Crippen molar-refractivity contribution in [3.05, 3.63) is 23.3 Å². The quantitative estimate of drug-likeness (QED) is 0.400. The molecule has 9 nitrogen and oxygen atoms in total. The fourth-order valence-corrected chi connectivity index (χ4v) is 4.54. The van der Waals surface area contributed by atoms with Gasteiger partial charge in [0.25, 0.3) is 6.71 Å². The number of hydrogen-bond acceptors (Lipinski definition) is 7. The number of carbonyl (C=O) groups excluding carboxylic acids is 2. The minimum absolute atomic E-state index is 0.0433. The van der Waals surface area contributed by atoms with E-state index in [1.807, 2.05) is 27.0 Å². The van der Waals surface area contributed by atoms with Crippen LogP contribution in [0.2, 0.25) is 12.6 Å². The zero-order valence-electron chi connectivity index (χ0n) is 19.9. The first kappa shape index (κ1) is 26.2. The summed E-state index contributed by atoms with van der Waals surface area (Å²) >= 11 is 0. The Hall–Kier alpha value is -3.06. The topological polar surface area (TPSA) is 126 Å². The van der Waals surface area contributed by atoms with Crippen LogP contribution in [-0.4, -0.2) is 69.3 Å². The van der Waals surface area contributed by atoms with Crippen molar-refractivity contribution in [1.29, 1.82) is 5.26 Å². The number of likely N-dealkylation sites (N-methyl/N-ethyl adjacent to an activating group) is 2. The van der Waals surface area contributed by atoms with E-state index < -0.39 is 12.0 Å². The van der Waals surface area contributed by atoms with Gasteiger partial charge in [-0.05, 0) is 36.8 Å². The molecule has 0 radical (unpaired) electrons. The third-order valence-electron chi connectivity index (χ3n) is 6.21. The smallest absolute Gasteiger partial charge is 0.336 e. The van der Waals surface area contributed by atoms with Crippen molar-refractivity contribution in [3.63, 3.8) is 0 Å². The number of hydrogen-bond donors (Lipinski definition) is 3. The molecule has 0 bridgehead atoms. The molecule has 2 aliphatic heterocycles. The number of amides is 1. The molecule has 1 saturated heterocycles. The Morgan fingerprint density at radius 1 is 1.36 bits per heavy atom. The number of nitriles is 1. The predicted octanol–water partition coefficient (Wildman–Crippen LogP) is 1.79. The van der Waals surface area contributed by atoms with Crippen LogP contribution in [0.4, 0.5) is 11.4 Å². The molecule has 2 heterocycles. The summed E-state index contributed by atoms with van der Waals surface area (Å²) in [6.07, 6.45) is 2.91. The van der Waals surface area contributed by atoms with E-state index >= 15 is 0 Å². The Morgan fingerprint density at radius 2 is 2.09 bits per heavy atom. The third-order valence-corrected chi connectivity index (χ3v) is 6.21. The molecule has 0 aromatic heterocycles. The monoisotopic (exact) mass is 455 g/mol. The molecule has 1 fully saturated rings. The largest absolute Gasteiger partial charge is 0.478 e. The molecule has 2 atom stereocenters. The molecule has 3 rings (SSSR count). The molecule has 3 N–H and O–H groups in total. The summed E-state index contributed by atoms with van der Waals surface area (Å²) in [7, 11) is 3.47. The van der Waals surface area contributed by atoms with Crippen LogP contribution in [0.25, 0.3) is 0 Å². The minimum atomic E-state index is -1.03. The Bertz CT molecular complexity index is 904. The van der Waals surface area contributed by atoms with Crippen molar-refractivity contribution < 1.29 is 19.5 Å². The Morgan fingerprint density at radius 3 is 2.70 bits per heavy atom. The van der Waals surface area contributed by atoms with Gasteiger partial charge >= 0.3 is 5.97 Å². The average molecular weight is 455 g/mol. The van der Waals surface area contributed by atoms with Gasteiger partial charge in [-0.1, -0.05) is 13.8 Å². The number of nitrogens with zero attached hydrogens (tertiary/aromatic N) is 3. The second-order valence-corrected chi connectivity index (χ2v) is 8.17. The van der Waals surface area contributed by atoms with Gasteiger partial charge in [-0.15, -0.1) is 0 Å². The molecule has 1 aromatic carbocycles. The minimum Gasteiger partial charge on any atom is -0.478 e. The van der Waals surface area contributed by atoms with E-state index in [0.717, 1.165) is 43.4 Å². The maximum atomic E-state index is 12.1. The average Bonchev–Trinajstić information content (AvgIpc) is 2.84. The van der Waals surface area contributed by atoms with Gasteiger partial charge in [-0.25, -0.2) is 10.1 Å². The van der Waals surface area contributed by atoms with Crippen LogP contribution in [0.5, 0.6) is 0 Å². The highest BCUT2D eigenvalue weighted by Gasteiger charge is 2.37. The molecule has 0 saturated carbocycles. The molecule has 1 amide bonds. The highest BCUT2D eigenvalue weighted by Crippen LogP contribution is 2.40. The number of aromatic carboxylic acids is 1. The van der Waals surface area contributed by atoms with Crippen molar-refractivity contribution >= 4 is 36.3 Å². The Labute approximate surface area is 196 Å². The number of benzene rings is 1. The highest BCUT2D eigenvalue weighted by atomic mass is 16.4. The van der Waals surface area contributed by atoms with Crippen molar-refractivity contribution in [2.24, 2.45) is 0 Å². The summed E-state index contributed by atoms with van der Waals surface area (Å²) < 4.78 is 0. The number of rotatable bonds is 8. The molecule has 178 valence electrons. The summed E-state index contributed by atoms with van der Waals surface area (Å²) in [5.74, 6) is 1.12. The first-order valence-electron chi connectivity index (χ1n) is 11.6. The number of carbonyl (C=O) groups is 3. The van der Waals surface area contributed by atoms with Crippen LogP contribution in [0, 0.1) is 11.2 Å². The van der Waals surface area contributed by atoms with Crippen molar-refractivity contribution in [2.45, 2.75) is 58.0 Å². The van der Waals surface area contributed by atoms with E-state index in [0.29, 0.717) is 12.0 Å². The molecular weight excluding hydrogens is 421 g/mol. The summed E-state index contributed by atoms with van der Waals surface area (Å²) in [4.78, 5) is 39.2. The number of aldehydes is 1. The fraction of sp³-hybridized carbons (Fsp3) is 0.565. The second-order valence-electron chi connectivity index (χ2n) is 8.17. The summed E-state index contributed by atoms with van der Waals surface area (Å²) in [6, 6.07) is 3.21. The van der Waals surface area contributed by atoms with E-state index in [9.17, 15) is 24.8 Å². The number of carboxylic acid groups (broad SMARTS) is 1. The van der Waals surface area contributed by atoms with Crippen molar-refractivity contribution in [3.8, 4) is 5.97 Å². The lowest BCUT2D eigenvalue weighted by Gasteiger charge is -2.46. The lowest BCUT2D eigenvalue weighted by Crippen LogP contribution is -2.53. The molecule has 1 aromatic rings. The third kappa shape index (κ3) is 6.05. The van der Waals surface area contributed by atoms with Crippen LogP contribution in [-0.2, 0) is 16.1 Å². The van der Waals surface area contributed by atoms with Gasteiger partial charge in [0.05, 0.1) is 23.0 Å². The zero-order chi connectivity index (χ0) is 24.5. The van der Waals surface area contributed by atoms with Gasteiger partial charge < -0.3 is 30.3 Å². The maximum absolute atomic E-state index is 12.1. The van der Waals surface area contributed by atoms with Gasteiger partial charge in [0.15, 0.2) is 0 Å². The molecule has 0 aliphatic carbocycles. The molecule has 33 heavy (non-hydrogen) atoms. The van der Waals surface area contributed by atoms with Crippen LogP contribution in [0.3, 0.4) is 0 Å². The van der Waals surface area contributed by atoms with Crippen LogP contribution >= 0.6 is 0 Å². The van der Waals surface area contributed by atoms with Crippen LogP contribution in [0.15, 0.2) is 12.1 Å². The normalized spacial score (nSPS) is 17.5. The number of carboxylic acids is 1. The van der Waals surface area contributed by atoms with Gasteiger partial charge in [0.1, 0.15) is 6.29 Å². The lowest BCUT2D eigenvalue weighted by atomic mass is 9.43. The van der Waals surface area contributed by atoms with Gasteiger partial charge in [0.2, 0.25) is 5.91 Å². The van der Waals surface area contributed by atoms with Crippen LogP contribution < -0.4 is 20.4 Å². The zero-order valence-corrected chi connectivity index (χ0v) is 19.9. The SMILES string of the molecule is CC.CNC(=O)C(CCC=O)NCc1cc2c(cc1C(=O)O)N(C)CC1CB(C#N)CCN21. The number of nitrogens with one attached hydrogen (secondary N) is 2. The second kappa shape index (κ2) is 12.3. The van der Waals surface area contributed by atoms with Crippen molar-refractivity contribution in [1.82, 2.24) is 10.6 Å². The molecule has 10 heteroatoms. The first-order valence-corrected chi connectivity index (χ1v) is 11.6. The van der Waals surface area contributed by atoms with Crippen molar-refractivity contribution in [2.75, 3.05) is 37.0 Å². The van der Waals surface area contributed by atoms with E-state index in [4.69, 9.17) is 0 Å². The fourth-order valence-electron chi connectivity index (χ4n) is 4.54. The van der Waals surface area contributed by atoms with Crippen LogP contribution in [0.1, 0.15) is 42.6 Å². The Kier molecular flexibility index (Phi) is 9.73. The first-order chi connectivity index (χ1) is 15.9. The number of fused-ring (bicyclic) bond motifs is 3. The standard InChI is InChI=1S/C21H28BN5O4.C2H6/c1-24-20(29)17(4-3-7-28)25-11-14-8-19-18(9-16(14)21(30)31)26(2)12-15-10-22(13-23)5-6-27(15)19;1-2/h7-9,15,17,25H,3-6,10-12H2,1-2H3,(H,24,29)(H,30,31);1-2H3. The molecule has 0 spiro atoms. The van der Waals surface area contributed by atoms with Gasteiger partial charge in [-0.3, -0.25) is 4.79 Å². The lowest BCUT2D eigenvalue weighted by molar-refractivity contribution is -0.122. The van der Waals surface area contributed by atoms with E-state index in [1.54, 1.807) is 6.07 Å². The maximum Gasteiger partial charge on any atom is 0.336 e. The number of anilines is 2. The van der Waals surface area contributed by atoms with E-state index in [-0.39, 0.29) is 37.2 Å². The molecule has 2 unspecified atom stereocenters. The summed E-state index contributed by atoms with van der Waals surface area (Å²) in [5, 5.41) is 24.8. The molecular formula is C23H34BN5O4.